The van der Waals surface area contributed by atoms with Crippen LogP contribution >= 0.6 is 11.3 Å². The minimum atomic E-state index is -0.197. The lowest BCUT2D eigenvalue weighted by molar-refractivity contribution is -0.0979. The molecule has 0 bridgehead atoms. The van der Waals surface area contributed by atoms with Crippen molar-refractivity contribution in [2.45, 2.75) is 57.6 Å². The van der Waals surface area contributed by atoms with Gasteiger partial charge in [0.25, 0.3) is 5.91 Å². The van der Waals surface area contributed by atoms with Crippen LogP contribution in [0, 0.1) is 5.92 Å². The maximum atomic E-state index is 13.1. The third kappa shape index (κ3) is 3.69. The van der Waals surface area contributed by atoms with E-state index in [-0.39, 0.29) is 24.2 Å². The number of carbonyl (C=O) groups is 1. The number of hydrogen-bond acceptors (Lipinski definition) is 5. The molecule has 1 unspecified atom stereocenters. The molecule has 0 aromatic carbocycles. The summed E-state index contributed by atoms with van der Waals surface area (Å²) in [6.07, 6.45) is 4.83. The van der Waals surface area contributed by atoms with Gasteiger partial charge in [0.1, 0.15) is 0 Å². The number of ether oxygens (including phenoxy) is 1. The van der Waals surface area contributed by atoms with E-state index in [1.54, 1.807) is 11.3 Å². The molecule has 5 nitrogen and oxygen atoms in total. The minimum absolute atomic E-state index is 0.0129. The van der Waals surface area contributed by atoms with E-state index in [0.717, 1.165) is 69.8 Å². The molecule has 1 aromatic rings. The lowest BCUT2D eigenvalue weighted by atomic mass is 9.82. The van der Waals surface area contributed by atoms with E-state index in [4.69, 9.17) is 4.74 Å². The first-order chi connectivity index (χ1) is 13.0. The minimum Gasteiger partial charge on any atom is -0.394 e. The molecule has 4 heterocycles. The Morgan fingerprint density at radius 3 is 2.85 bits per heavy atom. The molecular formula is C21H32N2O3S. The predicted octanol–water partition coefficient (Wildman–Crippen LogP) is 2.86. The average Bonchev–Trinajstić information content (AvgIpc) is 3.30. The molecule has 6 heteroatoms. The summed E-state index contributed by atoms with van der Waals surface area (Å²) < 4.78 is 6.36. The summed E-state index contributed by atoms with van der Waals surface area (Å²) in [7, 11) is 0. The van der Waals surface area contributed by atoms with Crippen LogP contribution in [0.15, 0.2) is 6.07 Å². The number of likely N-dealkylation sites (tertiary alicyclic amines) is 2. The number of rotatable bonds is 4. The van der Waals surface area contributed by atoms with Gasteiger partial charge in [0, 0.05) is 37.5 Å². The number of nitrogens with zero attached hydrogens (tertiary/aromatic N) is 2. The summed E-state index contributed by atoms with van der Waals surface area (Å²) in [6, 6.07) is 2.10. The van der Waals surface area contributed by atoms with Gasteiger partial charge in [-0.1, -0.05) is 13.8 Å². The summed E-state index contributed by atoms with van der Waals surface area (Å²) >= 11 is 1.66. The second-order valence-corrected chi connectivity index (χ2v) is 9.85. The molecule has 1 spiro atoms. The quantitative estimate of drug-likeness (QED) is 0.856. The van der Waals surface area contributed by atoms with E-state index in [1.165, 1.54) is 10.4 Å². The molecule has 0 saturated carbocycles. The first kappa shape index (κ1) is 19.4. The fraction of sp³-hybridized carbons (Fsp3) is 0.762. The van der Waals surface area contributed by atoms with Gasteiger partial charge in [-0.15, -0.1) is 11.3 Å². The number of thiophene rings is 1. The van der Waals surface area contributed by atoms with Gasteiger partial charge in [0.2, 0.25) is 0 Å². The molecule has 4 rings (SSSR count). The number of piperidine rings is 1. The van der Waals surface area contributed by atoms with E-state index in [9.17, 15) is 9.90 Å². The number of hydrogen-bond donors (Lipinski definition) is 1. The summed E-state index contributed by atoms with van der Waals surface area (Å²) in [5.74, 6) is 0.783. The van der Waals surface area contributed by atoms with Crippen LogP contribution in [0.2, 0.25) is 0 Å². The number of carbonyl (C=O) groups excluding carboxylic acids is 1. The van der Waals surface area contributed by atoms with E-state index in [2.05, 4.69) is 24.8 Å². The van der Waals surface area contributed by atoms with Crippen LogP contribution < -0.4 is 0 Å². The molecule has 1 amide bonds. The second kappa shape index (κ2) is 7.82. The van der Waals surface area contributed by atoms with Crippen LogP contribution in [0.4, 0.5) is 0 Å². The predicted molar refractivity (Wildman–Crippen MR) is 107 cm³/mol. The first-order valence-corrected chi connectivity index (χ1v) is 11.3. The highest BCUT2D eigenvalue weighted by Crippen LogP contribution is 2.45. The maximum Gasteiger partial charge on any atom is 0.264 e. The standard InChI is InChI=1S/C21H32N2O3S/c1-15(2)13-22-9-6-21(7-10-22)17-12-19(27-18(17)5-11-26-21)20(25)23-8-3-4-16(23)14-24/h12,15-16,24H,3-11,13-14H2,1-2H3. The van der Waals surface area contributed by atoms with Gasteiger partial charge in [0.15, 0.2) is 0 Å². The van der Waals surface area contributed by atoms with E-state index >= 15 is 0 Å². The molecule has 2 saturated heterocycles. The van der Waals surface area contributed by atoms with Gasteiger partial charge < -0.3 is 19.6 Å². The zero-order valence-corrected chi connectivity index (χ0v) is 17.4. The summed E-state index contributed by atoms with van der Waals surface area (Å²) in [5, 5.41) is 9.57. The topological polar surface area (TPSA) is 53.0 Å². The number of amides is 1. The van der Waals surface area contributed by atoms with Gasteiger partial charge >= 0.3 is 0 Å². The molecule has 3 aliphatic rings. The third-order valence-electron chi connectivity index (χ3n) is 6.35. The lowest BCUT2D eigenvalue weighted by Gasteiger charge is -2.44. The monoisotopic (exact) mass is 392 g/mol. The fourth-order valence-electron chi connectivity index (χ4n) is 4.98. The summed E-state index contributed by atoms with van der Waals surface area (Å²) in [4.78, 5) is 19.6. The van der Waals surface area contributed by atoms with Crippen molar-refractivity contribution in [3.63, 3.8) is 0 Å². The van der Waals surface area contributed by atoms with Crippen molar-refractivity contribution in [2.75, 3.05) is 39.4 Å². The highest BCUT2D eigenvalue weighted by atomic mass is 32.1. The lowest BCUT2D eigenvalue weighted by Crippen LogP contribution is -2.47. The molecular weight excluding hydrogens is 360 g/mol. The SMILES string of the molecule is CC(C)CN1CCC2(CC1)OCCc1sc(C(=O)N3CCCC3CO)cc12. The van der Waals surface area contributed by atoms with Crippen LogP contribution in [-0.4, -0.2) is 66.2 Å². The van der Waals surface area contributed by atoms with Crippen LogP contribution in [0.5, 0.6) is 0 Å². The normalized spacial score (nSPS) is 25.3. The zero-order chi connectivity index (χ0) is 19.0. The molecule has 0 aliphatic carbocycles. The largest absolute Gasteiger partial charge is 0.394 e. The van der Waals surface area contributed by atoms with Crippen molar-refractivity contribution >= 4 is 17.2 Å². The molecule has 27 heavy (non-hydrogen) atoms. The molecule has 3 aliphatic heterocycles. The Bertz CT molecular complexity index is 679. The molecule has 1 atom stereocenters. The highest BCUT2D eigenvalue weighted by molar-refractivity contribution is 7.14. The highest BCUT2D eigenvalue weighted by Gasteiger charge is 2.43. The molecule has 150 valence electrons. The van der Waals surface area contributed by atoms with Crippen LogP contribution in [0.3, 0.4) is 0 Å². The van der Waals surface area contributed by atoms with Crippen molar-refractivity contribution in [2.24, 2.45) is 5.92 Å². The second-order valence-electron chi connectivity index (χ2n) is 8.71. The molecule has 2 fully saturated rings. The summed E-state index contributed by atoms with van der Waals surface area (Å²) in [6.45, 7) is 9.41. The Morgan fingerprint density at radius 1 is 1.37 bits per heavy atom. The van der Waals surface area contributed by atoms with Crippen molar-refractivity contribution in [1.82, 2.24) is 9.80 Å². The third-order valence-corrected chi connectivity index (χ3v) is 7.54. The van der Waals surface area contributed by atoms with Crippen LogP contribution in [-0.2, 0) is 16.8 Å². The Labute approximate surface area is 166 Å². The number of aliphatic hydroxyl groups excluding tert-OH is 1. The van der Waals surface area contributed by atoms with E-state index in [1.807, 2.05) is 4.90 Å². The Kier molecular flexibility index (Phi) is 5.61. The van der Waals surface area contributed by atoms with Gasteiger partial charge in [-0.2, -0.15) is 0 Å². The van der Waals surface area contributed by atoms with E-state index < -0.39 is 0 Å². The van der Waals surface area contributed by atoms with Crippen molar-refractivity contribution in [3.8, 4) is 0 Å². The number of aliphatic hydroxyl groups is 1. The number of fused-ring (bicyclic) bond motifs is 2. The van der Waals surface area contributed by atoms with Crippen molar-refractivity contribution < 1.29 is 14.6 Å². The molecule has 1 N–H and O–H groups in total. The fourth-order valence-corrected chi connectivity index (χ4v) is 6.17. The Hall–Kier alpha value is -0.950. The van der Waals surface area contributed by atoms with Crippen molar-refractivity contribution in [3.05, 3.63) is 21.4 Å². The maximum absolute atomic E-state index is 13.1. The van der Waals surface area contributed by atoms with Gasteiger partial charge in [-0.25, -0.2) is 0 Å². The van der Waals surface area contributed by atoms with Crippen LogP contribution in [0.1, 0.15) is 59.6 Å². The smallest absolute Gasteiger partial charge is 0.264 e. The average molecular weight is 393 g/mol. The summed E-state index contributed by atoms with van der Waals surface area (Å²) in [5.41, 5.74) is 1.07. The molecule has 0 radical (unpaired) electrons. The van der Waals surface area contributed by atoms with Gasteiger partial charge in [0.05, 0.1) is 29.7 Å². The van der Waals surface area contributed by atoms with Gasteiger partial charge in [-0.05, 0) is 43.2 Å². The van der Waals surface area contributed by atoms with Crippen molar-refractivity contribution in [1.29, 1.82) is 0 Å². The Balaban J connectivity index is 1.53. The van der Waals surface area contributed by atoms with Crippen LogP contribution in [0.25, 0.3) is 0 Å². The first-order valence-electron chi connectivity index (χ1n) is 10.4. The van der Waals surface area contributed by atoms with Gasteiger partial charge in [-0.3, -0.25) is 4.79 Å². The zero-order valence-electron chi connectivity index (χ0n) is 16.6. The van der Waals surface area contributed by atoms with E-state index in [0.29, 0.717) is 5.92 Å². The Morgan fingerprint density at radius 2 is 2.15 bits per heavy atom. The molecule has 1 aromatic heterocycles.